The van der Waals surface area contributed by atoms with Crippen LogP contribution < -0.4 is 10.6 Å². The van der Waals surface area contributed by atoms with Crippen molar-refractivity contribution in [3.8, 4) is 0 Å². The molecule has 0 radical (unpaired) electrons. The molecular formula is C15H20N2O4. The van der Waals surface area contributed by atoms with Crippen molar-refractivity contribution >= 4 is 17.7 Å². The van der Waals surface area contributed by atoms with E-state index in [4.69, 9.17) is 4.74 Å². The summed E-state index contributed by atoms with van der Waals surface area (Å²) in [4.78, 5) is 23.3. The van der Waals surface area contributed by atoms with Crippen LogP contribution in [0.15, 0.2) is 18.2 Å². The van der Waals surface area contributed by atoms with Crippen molar-refractivity contribution in [2.24, 2.45) is 0 Å². The van der Waals surface area contributed by atoms with Crippen molar-refractivity contribution in [3.63, 3.8) is 0 Å². The fourth-order valence-electron chi connectivity index (χ4n) is 2.76. The number of nitrogens with one attached hydrogen (secondary N) is 2. The monoisotopic (exact) mass is 292 g/mol. The molecule has 0 heterocycles. The second-order valence-corrected chi connectivity index (χ2v) is 5.21. The number of amides is 2. The van der Waals surface area contributed by atoms with Crippen LogP contribution in [0.3, 0.4) is 0 Å². The van der Waals surface area contributed by atoms with Gasteiger partial charge in [0.2, 0.25) is 0 Å². The molecule has 114 valence electrons. The molecule has 6 nitrogen and oxygen atoms in total. The maximum absolute atomic E-state index is 12.0. The molecule has 21 heavy (non-hydrogen) atoms. The molecule has 2 rings (SSSR count). The van der Waals surface area contributed by atoms with Crippen molar-refractivity contribution < 1.29 is 19.4 Å². The van der Waals surface area contributed by atoms with Gasteiger partial charge in [0.25, 0.3) is 0 Å². The van der Waals surface area contributed by atoms with E-state index in [1.54, 1.807) is 32.2 Å². The molecule has 6 heteroatoms. The molecule has 0 spiro atoms. The highest BCUT2D eigenvalue weighted by molar-refractivity contribution is 6.01. The zero-order valence-electron chi connectivity index (χ0n) is 12.2. The van der Waals surface area contributed by atoms with Gasteiger partial charge in [0.1, 0.15) is 0 Å². The normalized spacial score (nSPS) is 21.0. The van der Waals surface area contributed by atoms with Crippen molar-refractivity contribution in [2.45, 2.75) is 38.3 Å². The second-order valence-electron chi connectivity index (χ2n) is 5.21. The summed E-state index contributed by atoms with van der Waals surface area (Å²) in [7, 11) is 1.63. The third kappa shape index (κ3) is 3.52. The van der Waals surface area contributed by atoms with Crippen LogP contribution in [0.4, 0.5) is 10.5 Å². The number of urea groups is 1. The Labute approximate surface area is 123 Å². The van der Waals surface area contributed by atoms with Gasteiger partial charge in [-0.25, -0.2) is 9.59 Å². The van der Waals surface area contributed by atoms with Crippen LogP contribution in [0.25, 0.3) is 0 Å². The number of hydrogen-bond acceptors (Lipinski definition) is 3. The average Bonchev–Trinajstić information content (AvgIpc) is 2.85. The van der Waals surface area contributed by atoms with Crippen LogP contribution in [-0.4, -0.2) is 36.4 Å². The lowest BCUT2D eigenvalue weighted by Gasteiger charge is -2.20. The van der Waals surface area contributed by atoms with Crippen LogP contribution >= 0.6 is 0 Å². The van der Waals surface area contributed by atoms with Crippen LogP contribution in [-0.2, 0) is 4.74 Å². The van der Waals surface area contributed by atoms with E-state index in [9.17, 15) is 14.7 Å². The van der Waals surface area contributed by atoms with Gasteiger partial charge in [-0.15, -0.1) is 0 Å². The first-order valence-corrected chi connectivity index (χ1v) is 6.96. The van der Waals surface area contributed by atoms with Gasteiger partial charge in [-0.2, -0.15) is 0 Å². The molecule has 1 aromatic rings. The first-order chi connectivity index (χ1) is 10.0. The fourth-order valence-corrected chi connectivity index (χ4v) is 2.76. The topological polar surface area (TPSA) is 87.7 Å². The lowest BCUT2D eigenvalue weighted by atomic mass is 10.1. The van der Waals surface area contributed by atoms with E-state index in [0.29, 0.717) is 11.3 Å². The molecule has 1 aromatic carbocycles. The number of anilines is 1. The number of aryl methyl sites for hydroxylation is 1. The average molecular weight is 292 g/mol. The highest BCUT2D eigenvalue weighted by atomic mass is 16.5. The number of ether oxygens (including phenoxy) is 1. The Balaban J connectivity index is 2.06. The highest BCUT2D eigenvalue weighted by Gasteiger charge is 2.28. The Kier molecular flexibility index (Phi) is 4.80. The zero-order chi connectivity index (χ0) is 15.4. The number of methoxy groups -OCH3 is 1. The van der Waals surface area contributed by atoms with Gasteiger partial charge in [0.15, 0.2) is 0 Å². The summed E-state index contributed by atoms with van der Waals surface area (Å²) in [6.07, 6.45) is 2.82. The third-order valence-corrected chi connectivity index (χ3v) is 3.81. The van der Waals surface area contributed by atoms with Gasteiger partial charge < -0.3 is 20.5 Å². The second kappa shape index (κ2) is 6.58. The summed E-state index contributed by atoms with van der Waals surface area (Å²) >= 11 is 0. The zero-order valence-corrected chi connectivity index (χ0v) is 12.2. The van der Waals surface area contributed by atoms with E-state index in [0.717, 1.165) is 19.3 Å². The first kappa shape index (κ1) is 15.3. The maximum Gasteiger partial charge on any atom is 0.338 e. The Bertz CT molecular complexity index is 544. The van der Waals surface area contributed by atoms with Crippen molar-refractivity contribution in [2.75, 3.05) is 12.4 Å². The fraction of sp³-hybridized carbons (Fsp3) is 0.467. The van der Waals surface area contributed by atoms with E-state index in [2.05, 4.69) is 10.6 Å². The van der Waals surface area contributed by atoms with Crippen LogP contribution in [0.5, 0.6) is 0 Å². The van der Waals surface area contributed by atoms with Crippen LogP contribution in [0, 0.1) is 6.92 Å². The predicted octanol–water partition coefficient (Wildman–Crippen LogP) is 2.38. The Hall–Kier alpha value is -2.08. The molecule has 0 aliphatic heterocycles. The van der Waals surface area contributed by atoms with Gasteiger partial charge in [-0.1, -0.05) is 12.1 Å². The number of carbonyl (C=O) groups is 2. The first-order valence-electron chi connectivity index (χ1n) is 6.96. The Morgan fingerprint density at radius 1 is 1.33 bits per heavy atom. The standard InChI is InChI=1S/C15H20N2O4/c1-9-5-3-7-11(13(9)14(18)19)17-15(20)16-10-6-4-8-12(10)21-2/h3,5,7,10,12H,4,6,8H2,1-2H3,(H,18,19)(H2,16,17,20). The molecule has 1 aliphatic rings. The van der Waals surface area contributed by atoms with Gasteiger partial charge >= 0.3 is 12.0 Å². The molecule has 0 saturated heterocycles. The summed E-state index contributed by atoms with van der Waals surface area (Å²) in [5, 5.41) is 14.7. The molecule has 0 bridgehead atoms. The molecule has 2 unspecified atom stereocenters. The summed E-state index contributed by atoms with van der Waals surface area (Å²) in [5.41, 5.74) is 1.02. The minimum Gasteiger partial charge on any atom is -0.478 e. The third-order valence-electron chi connectivity index (χ3n) is 3.81. The van der Waals surface area contributed by atoms with Gasteiger partial charge in [0.05, 0.1) is 23.4 Å². The number of rotatable bonds is 4. The summed E-state index contributed by atoms with van der Waals surface area (Å²) in [6.45, 7) is 1.70. The predicted molar refractivity (Wildman–Crippen MR) is 78.7 cm³/mol. The van der Waals surface area contributed by atoms with Crippen LogP contribution in [0.2, 0.25) is 0 Å². The summed E-state index contributed by atoms with van der Waals surface area (Å²) in [5.74, 6) is -1.06. The largest absolute Gasteiger partial charge is 0.478 e. The lowest BCUT2D eigenvalue weighted by Crippen LogP contribution is -2.43. The minimum atomic E-state index is -1.06. The van der Waals surface area contributed by atoms with Crippen molar-refractivity contribution in [1.82, 2.24) is 5.32 Å². The maximum atomic E-state index is 12.0. The molecular weight excluding hydrogens is 272 g/mol. The molecule has 1 fully saturated rings. The molecule has 1 aliphatic carbocycles. The SMILES string of the molecule is COC1CCCC1NC(=O)Nc1cccc(C)c1C(=O)O. The summed E-state index contributed by atoms with van der Waals surface area (Å²) < 4.78 is 5.32. The van der Waals surface area contributed by atoms with E-state index in [1.165, 1.54) is 0 Å². The van der Waals surface area contributed by atoms with Gasteiger partial charge in [-0.05, 0) is 37.8 Å². The Morgan fingerprint density at radius 3 is 2.76 bits per heavy atom. The van der Waals surface area contributed by atoms with E-state index in [-0.39, 0.29) is 17.7 Å². The van der Waals surface area contributed by atoms with E-state index < -0.39 is 12.0 Å². The molecule has 2 amide bonds. The van der Waals surface area contributed by atoms with Gasteiger partial charge in [0, 0.05) is 7.11 Å². The van der Waals surface area contributed by atoms with E-state index >= 15 is 0 Å². The number of hydrogen-bond donors (Lipinski definition) is 3. The number of carboxylic acids is 1. The van der Waals surface area contributed by atoms with E-state index in [1.807, 2.05) is 0 Å². The number of carbonyl (C=O) groups excluding carboxylic acids is 1. The number of benzene rings is 1. The molecule has 3 N–H and O–H groups in total. The number of carboxylic acid groups (broad SMARTS) is 1. The molecule has 0 aromatic heterocycles. The Morgan fingerprint density at radius 2 is 2.10 bits per heavy atom. The van der Waals surface area contributed by atoms with Crippen LogP contribution in [0.1, 0.15) is 35.2 Å². The quantitative estimate of drug-likeness (QED) is 0.795. The van der Waals surface area contributed by atoms with Gasteiger partial charge in [-0.3, -0.25) is 0 Å². The molecule has 2 atom stereocenters. The minimum absolute atomic E-state index is 0.0206. The number of aromatic carboxylic acids is 1. The highest BCUT2D eigenvalue weighted by Crippen LogP contribution is 2.22. The summed E-state index contributed by atoms with van der Waals surface area (Å²) in [6, 6.07) is 4.55. The molecule has 1 saturated carbocycles. The smallest absolute Gasteiger partial charge is 0.338 e. The lowest BCUT2D eigenvalue weighted by molar-refractivity contribution is 0.0697. The van der Waals surface area contributed by atoms with Crippen molar-refractivity contribution in [3.05, 3.63) is 29.3 Å². The van der Waals surface area contributed by atoms with Crippen molar-refractivity contribution in [1.29, 1.82) is 0 Å².